The molecule has 1 heterocycles. The van der Waals surface area contributed by atoms with Crippen LogP contribution in [-0.2, 0) is 4.74 Å². The van der Waals surface area contributed by atoms with E-state index in [9.17, 15) is 0 Å². The Hall–Kier alpha value is -0.760. The maximum absolute atomic E-state index is 5.56. The van der Waals surface area contributed by atoms with Crippen molar-refractivity contribution in [3.63, 3.8) is 0 Å². The predicted molar refractivity (Wildman–Crippen MR) is 50.7 cm³/mol. The highest BCUT2D eigenvalue weighted by Gasteiger charge is 2.07. The van der Waals surface area contributed by atoms with Crippen LogP contribution in [-0.4, -0.2) is 12.6 Å². The molecule has 12 heavy (non-hydrogen) atoms. The van der Waals surface area contributed by atoms with E-state index in [1.807, 2.05) is 0 Å². The molecule has 0 aromatic rings. The molecule has 1 atom stereocenters. The Labute approximate surface area is 74.1 Å². The molecule has 2 heteroatoms. The van der Waals surface area contributed by atoms with Crippen LogP contribution in [0.3, 0.4) is 0 Å². The lowest BCUT2D eigenvalue weighted by molar-refractivity contribution is 0.164. The fraction of sp³-hybridized carbons (Fsp3) is 0.600. The van der Waals surface area contributed by atoms with Crippen molar-refractivity contribution in [3.8, 4) is 0 Å². The van der Waals surface area contributed by atoms with E-state index in [2.05, 4.69) is 19.1 Å². The van der Waals surface area contributed by atoms with E-state index in [4.69, 9.17) is 10.5 Å². The van der Waals surface area contributed by atoms with E-state index in [0.29, 0.717) is 6.54 Å². The normalized spacial score (nSPS) is 23.8. The molecule has 68 valence electrons. The minimum absolute atomic E-state index is 0.258. The van der Waals surface area contributed by atoms with Gasteiger partial charge in [0.15, 0.2) is 0 Å². The SMILES string of the molecule is CCC(=CC1CCC=CO1)CN. The lowest BCUT2D eigenvalue weighted by atomic mass is 10.1. The Morgan fingerprint density at radius 3 is 3.08 bits per heavy atom. The second-order valence-corrected chi connectivity index (χ2v) is 3.01. The Bertz CT molecular complexity index is 178. The largest absolute Gasteiger partial charge is 0.494 e. The van der Waals surface area contributed by atoms with Gasteiger partial charge in [0.1, 0.15) is 6.10 Å². The molecule has 0 fully saturated rings. The zero-order valence-electron chi connectivity index (χ0n) is 7.62. The lowest BCUT2D eigenvalue weighted by Gasteiger charge is -2.16. The molecule has 1 aliphatic heterocycles. The van der Waals surface area contributed by atoms with Crippen LogP contribution in [0.15, 0.2) is 24.0 Å². The minimum Gasteiger partial charge on any atom is -0.494 e. The number of hydrogen-bond acceptors (Lipinski definition) is 2. The summed E-state index contributed by atoms with van der Waals surface area (Å²) in [6.07, 6.45) is 9.48. The molecule has 0 aliphatic carbocycles. The number of rotatable bonds is 3. The van der Waals surface area contributed by atoms with Gasteiger partial charge in [0.25, 0.3) is 0 Å². The van der Waals surface area contributed by atoms with Crippen molar-refractivity contribution < 1.29 is 4.74 Å². The van der Waals surface area contributed by atoms with Crippen molar-refractivity contribution in [2.24, 2.45) is 5.73 Å². The van der Waals surface area contributed by atoms with Crippen LogP contribution < -0.4 is 5.73 Å². The summed E-state index contributed by atoms with van der Waals surface area (Å²) in [7, 11) is 0. The minimum atomic E-state index is 0.258. The summed E-state index contributed by atoms with van der Waals surface area (Å²) in [5, 5.41) is 0. The molecule has 1 rings (SSSR count). The van der Waals surface area contributed by atoms with Gasteiger partial charge in [-0.15, -0.1) is 0 Å². The summed E-state index contributed by atoms with van der Waals surface area (Å²) < 4.78 is 5.40. The summed E-state index contributed by atoms with van der Waals surface area (Å²) in [5.74, 6) is 0. The van der Waals surface area contributed by atoms with Gasteiger partial charge in [-0.2, -0.15) is 0 Å². The van der Waals surface area contributed by atoms with Gasteiger partial charge in [-0.05, 0) is 31.4 Å². The molecule has 2 nitrogen and oxygen atoms in total. The van der Waals surface area contributed by atoms with E-state index in [0.717, 1.165) is 19.3 Å². The van der Waals surface area contributed by atoms with Crippen molar-refractivity contribution in [2.45, 2.75) is 32.3 Å². The highest BCUT2D eigenvalue weighted by molar-refractivity contribution is 5.07. The van der Waals surface area contributed by atoms with E-state index in [-0.39, 0.29) is 6.10 Å². The summed E-state index contributed by atoms with van der Waals surface area (Å²) in [5.41, 5.74) is 6.85. The maximum atomic E-state index is 5.56. The number of hydrogen-bond donors (Lipinski definition) is 1. The quantitative estimate of drug-likeness (QED) is 0.652. The smallest absolute Gasteiger partial charge is 0.117 e. The monoisotopic (exact) mass is 167 g/mol. The van der Waals surface area contributed by atoms with Crippen LogP contribution in [0.2, 0.25) is 0 Å². The van der Waals surface area contributed by atoms with Gasteiger partial charge in [-0.25, -0.2) is 0 Å². The average Bonchev–Trinajstić information content (AvgIpc) is 2.16. The molecule has 0 saturated carbocycles. The molecule has 0 bridgehead atoms. The zero-order valence-corrected chi connectivity index (χ0v) is 7.62. The van der Waals surface area contributed by atoms with Crippen LogP contribution in [0.5, 0.6) is 0 Å². The molecule has 0 radical (unpaired) electrons. The number of ether oxygens (including phenoxy) is 1. The first kappa shape index (κ1) is 9.33. The Morgan fingerprint density at radius 2 is 2.58 bits per heavy atom. The summed E-state index contributed by atoms with van der Waals surface area (Å²) >= 11 is 0. The van der Waals surface area contributed by atoms with Crippen LogP contribution in [0.25, 0.3) is 0 Å². The second kappa shape index (κ2) is 4.99. The third kappa shape index (κ3) is 2.70. The molecule has 0 aromatic carbocycles. The predicted octanol–water partition coefficient (Wildman–Crippen LogP) is 1.97. The fourth-order valence-corrected chi connectivity index (χ4v) is 1.27. The van der Waals surface area contributed by atoms with E-state index < -0.39 is 0 Å². The summed E-state index contributed by atoms with van der Waals surface area (Å²) in [6, 6.07) is 0. The first-order chi connectivity index (χ1) is 5.86. The average molecular weight is 167 g/mol. The third-order valence-corrected chi connectivity index (χ3v) is 2.11. The summed E-state index contributed by atoms with van der Waals surface area (Å²) in [6.45, 7) is 2.78. The van der Waals surface area contributed by atoms with Crippen LogP contribution >= 0.6 is 0 Å². The first-order valence-electron chi connectivity index (χ1n) is 4.57. The van der Waals surface area contributed by atoms with Crippen molar-refractivity contribution in [2.75, 3.05) is 6.54 Å². The molecule has 2 N–H and O–H groups in total. The van der Waals surface area contributed by atoms with Crippen molar-refractivity contribution in [1.29, 1.82) is 0 Å². The zero-order chi connectivity index (χ0) is 8.81. The Balaban J connectivity index is 2.46. The van der Waals surface area contributed by atoms with E-state index >= 15 is 0 Å². The van der Waals surface area contributed by atoms with Crippen LogP contribution in [0, 0.1) is 0 Å². The molecule has 0 spiro atoms. The molecule has 1 unspecified atom stereocenters. The number of nitrogens with two attached hydrogens (primary N) is 1. The molecule has 0 amide bonds. The molecular weight excluding hydrogens is 150 g/mol. The van der Waals surface area contributed by atoms with Crippen molar-refractivity contribution in [1.82, 2.24) is 0 Å². The van der Waals surface area contributed by atoms with Gasteiger partial charge in [0, 0.05) is 6.54 Å². The highest BCUT2D eigenvalue weighted by Crippen LogP contribution is 2.13. The van der Waals surface area contributed by atoms with Crippen molar-refractivity contribution in [3.05, 3.63) is 24.0 Å². The molecule has 1 aliphatic rings. The molecular formula is C10H17NO. The lowest BCUT2D eigenvalue weighted by Crippen LogP contribution is -2.12. The second-order valence-electron chi connectivity index (χ2n) is 3.01. The van der Waals surface area contributed by atoms with Crippen molar-refractivity contribution >= 4 is 0 Å². The first-order valence-corrected chi connectivity index (χ1v) is 4.57. The van der Waals surface area contributed by atoms with Gasteiger partial charge in [-0.1, -0.05) is 12.5 Å². The topological polar surface area (TPSA) is 35.2 Å². The van der Waals surface area contributed by atoms with Gasteiger partial charge < -0.3 is 10.5 Å². The standard InChI is InChI=1S/C10H17NO/c1-2-9(8-11)7-10-5-3-4-6-12-10/h4,6-7,10H,2-3,5,8,11H2,1H3. The van der Waals surface area contributed by atoms with E-state index in [1.165, 1.54) is 5.57 Å². The highest BCUT2D eigenvalue weighted by atomic mass is 16.5. The van der Waals surface area contributed by atoms with E-state index in [1.54, 1.807) is 6.26 Å². The summed E-state index contributed by atoms with van der Waals surface area (Å²) in [4.78, 5) is 0. The van der Waals surface area contributed by atoms with Gasteiger partial charge in [0.05, 0.1) is 6.26 Å². The Kier molecular flexibility index (Phi) is 3.88. The van der Waals surface area contributed by atoms with Gasteiger partial charge in [0.2, 0.25) is 0 Å². The third-order valence-electron chi connectivity index (χ3n) is 2.11. The molecule has 0 aromatic heterocycles. The Morgan fingerprint density at radius 1 is 1.75 bits per heavy atom. The van der Waals surface area contributed by atoms with Gasteiger partial charge in [-0.3, -0.25) is 0 Å². The molecule has 0 saturated heterocycles. The number of allylic oxidation sites excluding steroid dienone is 1. The fourth-order valence-electron chi connectivity index (χ4n) is 1.27. The maximum Gasteiger partial charge on any atom is 0.117 e. The van der Waals surface area contributed by atoms with Crippen LogP contribution in [0.1, 0.15) is 26.2 Å². The van der Waals surface area contributed by atoms with Crippen LogP contribution in [0.4, 0.5) is 0 Å². The van der Waals surface area contributed by atoms with Gasteiger partial charge >= 0.3 is 0 Å².